The lowest BCUT2D eigenvalue weighted by Crippen LogP contribution is -2.45. The van der Waals surface area contributed by atoms with Crippen molar-refractivity contribution < 1.29 is 17.9 Å². The molecule has 0 aromatic heterocycles. The van der Waals surface area contributed by atoms with E-state index in [1.807, 2.05) is 12.1 Å². The Balaban J connectivity index is 1.30. The second-order valence-electron chi connectivity index (χ2n) is 8.57. The Bertz CT molecular complexity index is 1060. The molecule has 1 atom stereocenters. The van der Waals surface area contributed by atoms with Gasteiger partial charge in [-0.2, -0.15) is 0 Å². The van der Waals surface area contributed by atoms with E-state index >= 15 is 0 Å². The van der Waals surface area contributed by atoms with Gasteiger partial charge in [0.05, 0.1) is 24.9 Å². The van der Waals surface area contributed by atoms with E-state index in [1.165, 1.54) is 4.31 Å². The topological polar surface area (TPSA) is 79.0 Å². The predicted molar refractivity (Wildman–Crippen MR) is 130 cm³/mol. The zero-order valence-corrected chi connectivity index (χ0v) is 20.2. The van der Waals surface area contributed by atoms with Crippen molar-refractivity contribution in [3.05, 3.63) is 64.7 Å². The lowest BCUT2D eigenvalue weighted by molar-refractivity contribution is -0.126. The fraction of sp³-hybridized carbons (Fsp3) is 0.458. The number of rotatable bonds is 7. The number of nitrogens with one attached hydrogen (secondary N) is 1. The average molecular weight is 492 g/mol. The number of hydrogen-bond donors (Lipinski definition) is 1. The number of carbonyl (C=O) groups excluding carboxylic acids is 1. The molecule has 2 heterocycles. The molecule has 0 bridgehead atoms. The zero-order chi connectivity index (χ0) is 23.3. The molecule has 0 saturated carbocycles. The van der Waals surface area contributed by atoms with E-state index < -0.39 is 10.0 Å². The number of nitrogens with zero attached hydrogens (tertiary/aromatic N) is 2. The smallest absolute Gasteiger partial charge is 0.224 e. The molecule has 1 N–H and O–H groups in total. The van der Waals surface area contributed by atoms with E-state index in [9.17, 15) is 13.2 Å². The maximum atomic E-state index is 12.9. The molecule has 4 rings (SSSR count). The molecular weight excluding hydrogens is 462 g/mol. The van der Waals surface area contributed by atoms with Crippen LogP contribution in [0.4, 0.5) is 5.69 Å². The first-order valence-electron chi connectivity index (χ1n) is 11.3. The Labute approximate surface area is 200 Å². The Morgan fingerprint density at radius 2 is 1.82 bits per heavy atom. The fourth-order valence-electron chi connectivity index (χ4n) is 4.32. The van der Waals surface area contributed by atoms with Gasteiger partial charge in [0.15, 0.2) is 0 Å². The molecule has 1 amide bonds. The van der Waals surface area contributed by atoms with Crippen LogP contribution in [0, 0.1) is 5.92 Å². The molecule has 2 aliphatic heterocycles. The van der Waals surface area contributed by atoms with Crippen molar-refractivity contribution in [2.24, 2.45) is 5.92 Å². The summed E-state index contributed by atoms with van der Waals surface area (Å²) in [6.07, 6.45) is 1.35. The van der Waals surface area contributed by atoms with Crippen LogP contribution in [-0.2, 0) is 31.9 Å². The molecule has 2 aliphatic rings. The van der Waals surface area contributed by atoms with Crippen LogP contribution in [0.15, 0.2) is 48.5 Å². The Hall–Kier alpha value is -2.13. The SMILES string of the molecule is O=C(NCc1ccc(N2CCOCC2)cc1)[C@H]1CCCN(S(=O)(=O)Cc2cccc(Cl)c2)C1. The van der Waals surface area contributed by atoms with Crippen LogP contribution in [0.1, 0.15) is 24.0 Å². The van der Waals surface area contributed by atoms with Crippen LogP contribution in [0.25, 0.3) is 0 Å². The molecule has 2 saturated heterocycles. The van der Waals surface area contributed by atoms with E-state index in [1.54, 1.807) is 24.3 Å². The summed E-state index contributed by atoms with van der Waals surface area (Å²) in [6.45, 7) is 4.33. The van der Waals surface area contributed by atoms with Gasteiger partial charge in [0.1, 0.15) is 0 Å². The summed E-state index contributed by atoms with van der Waals surface area (Å²) in [7, 11) is -3.52. The minimum absolute atomic E-state index is 0.102. The number of sulfonamides is 1. The van der Waals surface area contributed by atoms with Gasteiger partial charge >= 0.3 is 0 Å². The van der Waals surface area contributed by atoms with E-state index in [4.69, 9.17) is 16.3 Å². The van der Waals surface area contributed by atoms with Crippen LogP contribution in [0.2, 0.25) is 5.02 Å². The first-order valence-corrected chi connectivity index (χ1v) is 13.3. The molecule has 7 nitrogen and oxygen atoms in total. The van der Waals surface area contributed by atoms with E-state index in [0.29, 0.717) is 36.5 Å². The first-order chi connectivity index (χ1) is 15.9. The van der Waals surface area contributed by atoms with Crippen LogP contribution in [0.3, 0.4) is 0 Å². The normalized spacial score (nSPS) is 19.9. The van der Waals surface area contributed by atoms with Crippen molar-refractivity contribution in [3.8, 4) is 0 Å². The van der Waals surface area contributed by atoms with Crippen molar-refractivity contribution in [2.45, 2.75) is 25.1 Å². The van der Waals surface area contributed by atoms with Crippen molar-refractivity contribution in [3.63, 3.8) is 0 Å². The molecule has 0 unspecified atom stereocenters. The monoisotopic (exact) mass is 491 g/mol. The molecule has 178 valence electrons. The third-order valence-electron chi connectivity index (χ3n) is 6.17. The summed E-state index contributed by atoms with van der Waals surface area (Å²) in [4.78, 5) is 15.1. The summed E-state index contributed by atoms with van der Waals surface area (Å²) >= 11 is 5.99. The fourth-order valence-corrected chi connectivity index (χ4v) is 6.13. The van der Waals surface area contributed by atoms with E-state index in [2.05, 4.69) is 22.3 Å². The van der Waals surface area contributed by atoms with Crippen LogP contribution in [-0.4, -0.2) is 58.0 Å². The minimum atomic E-state index is -3.52. The third-order valence-corrected chi connectivity index (χ3v) is 8.22. The molecule has 2 aromatic rings. The standard InChI is InChI=1S/C24H30ClN3O4S/c25-22-5-1-3-20(15-22)18-33(30,31)28-10-2-4-21(17-28)24(29)26-16-19-6-8-23(9-7-19)27-11-13-32-14-12-27/h1,3,5-9,15,21H,2,4,10-14,16-18H2,(H,26,29)/t21-/m0/s1. The number of morpholine rings is 1. The van der Waals surface area contributed by atoms with Gasteiger partial charge in [-0.25, -0.2) is 12.7 Å². The summed E-state index contributed by atoms with van der Waals surface area (Å²) in [5, 5.41) is 3.50. The molecule has 33 heavy (non-hydrogen) atoms. The number of halogens is 1. The number of hydrogen-bond acceptors (Lipinski definition) is 5. The highest BCUT2D eigenvalue weighted by atomic mass is 35.5. The highest BCUT2D eigenvalue weighted by molar-refractivity contribution is 7.88. The number of piperidine rings is 1. The van der Waals surface area contributed by atoms with Gasteiger partial charge in [0, 0.05) is 43.4 Å². The molecule has 9 heteroatoms. The van der Waals surface area contributed by atoms with Gasteiger partial charge in [-0.05, 0) is 48.2 Å². The molecule has 2 aromatic carbocycles. The number of benzene rings is 2. The predicted octanol–water partition coefficient (Wildman–Crippen LogP) is 3.03. The quantitative estimate of drug-likeness (QED) is 0.644. The van der Waals surface area contributed by atoms with Gasteiger partial charge in [-0.3, -0.25) is 4.79 Å². The average Bonchev–Trinajstić information content (AvgIpc) is 2.83. The number of amides is 1. The Morgan fingerprint density at radius 3 is 2.55 bits per heavy atom. The number of carbonyl (C=O) groups is 1. The second-order valence-corrected chi connectivity index (χ2v) is 11.0. The maximum absolute atomic E-state index is 12.9. The van der Waals surface area contributed by atoms with Crippen molar-refractivity contribution in [1.82, 2.24) is 9.62 Å². The Kier molecular flexibility index (Phi) is 7.90. The molecule has 2 fully saturated rings. The van der Waals surface area contributed by atoms with Gasteiger partial charge in [0.2, 0.25) is 15.9 Å². The lowest BCUT2D eigenvalue weighted by Gasteiger charge is -2.31. The van der Waals surface area contributed by atoms with Crippen molar-refractivity contribution in [1.29, 1.82) is 0 Å². The summed E-state index contributed by atoms with van der Waals surface area (Å²) in [5.41, 5.74) is 2.82. The highest BCUT2D eigenvalue weighted by Crippen LogP contribution is 2.23. The van der Waals surface area contributed by atoms with Gasteiger partial charge < -0.3 is 15.0 Å². The van der Waals surface area contributed by atoms with Gasteiger partial charge in [0.25, 0.3) is 0 Å². The largest absolute Gasteiger partial charge is 0.378 e. The molecular formula is C24H30ClN3O4S. The van der Waals surface area contributed by atoms with Crippen LogP contribution < -0.4 is 10.2 Å². The van der Waals surface area contributed by atoms with Crippen LogP contribution >= 0.6 is 11.6 Å². The van der Waals surface area contributed by atoms with E-state index in [-0.39, 0.29) is 24.1 Å². The first kappa shape index (κ1) is 24.0. The highest BCUT2D eigenvalue weighted by Gasteiger charge is 2.32. The second kappa shape index (κ2) is 10.9. The van der Waals surface area contributed by atoms with Crippen molar-refractivity contribution >= 4 is 33.2 Å². The molecule has 0 spiro atoms. The van der Waals surface area contributed by atoms with Crippen LogP contribution in [0.5, 0.6) is 0 Å². The zero-order valence-electron chi connectivity index (χ0n) is 18.6. The minimum Gasteiger partial charge on any atom is -0.378 e. The molecule has 0 aliphatic carbocycles. The third kappa shape index (κ3) is 6.47. The van der Waals surface area contributed by atoms with Gasteiger partial charge in [-0.15, -0.1) is 0 Å². The lowest BCUT2D eigenvalue weighted by atomic mass is 9.98. The number of anilines is 1. The summed E-state index contributed by atoms with van der Waals surface area (Å²) in [6, 6.07) is 15.1. The number of ether oxygens (including phenoxy) is 1. The molecule has 0 radical (unpaired) electrons. The summed E-state index contributed by atoms with van der Waals surface area (Å²) in [5.74, 6) is -0.562. The maximum Gasteiger partial charge on any atom is 0.224 e. The van der Waals surface area contributed by atoms with E-state index in [0.717, 1.165) is 37.6 Å². The Morgan fingerprint density at radius 1 is 1.06 bits per heavy atom. The van der Waals surface area contributed by atoms with Gasteiger partial charge in [-0.1, -0.05) is 35.9 Å². The summed E-state index contributed by atoms with van der Waals surface area (Å²) < 4.78 is 32.7. The van der Waals surface area contributed by atoms with Crippen molar-refractivity contribution in [2.75, 3.05) is 44.3 Å².